The monoisotopic (exact) mass is 602 g/mol. The summed E-state index contributed by atoms with van der Waals surface area (Å²) in [6, 6.07) is 55.0. The van der Waals surface area contributed by atoms with E-state index in [9.17, 15) is 0 Å². The number of imidazole rings is 1. The van der Waals surface area contributed by atoms with Gasteiger partial charge >= 0.3 is 0 Å². The number of aromatic nitrogens is 2. The summed E-state index contributed by atoms with van der Waals surface area (Å²) < 4.78 is 14.9. The van der Waals surface area contributed by atoms with Crippen LogP contribution in [-0.2, 0) is 0 Å². The molecule has 3 aromatic heterocycles. The minimum atomic E-state index is 0.790. The Hall–Kier alpha value is -6.39. The summed E-state index contributed by atoms with van der Waals surface area (Å²) in [5.74, 6) is 0.929. The van der Waals surface area contributed by atoms with Crippen LogP contribution >= 0.6 is 0 Å². The Morgan fingerprint density at radius 2 is 1.00 bits per heavy atom. The fraction of sp³-hybridized carbons (Fsp3) is 0. The second-order valence-electron chi connectivity index (χ2n) is 12.0. The van der Waals surface area contributed by atoms with Gasteiger partial charge < -0.3 is 8.83 Å². The first-order valence-corrected chi connectivity index (χ1v) is 15.8. The number of benzene rings is 7. The lowest BCUT2D eigenvalue weighted by atomic mass is 9.97. The lowest BCUT2D eigenvalue weighted by Crippen LogP contribution is -1.97. The molecule has 0 spiro atoms. The molecular formula is C43H26N2O2. The maximum absolute atomic E-state index is 6.39. The van der Waals surface area contributed by atoms with Gasteiger partial charge in [0.05, 0.1) is 11.0 Å². The molecule has 10 rings (SSSR count). The number of hydrogen-bond donors (Lipinski definition) is 0. The highest BCUT2D eigenvalue weighted by Crippen LogP contribution is 2.40. The van der Waals surface area contributed by atoms with Crippen molar-refractivity contribution in [1.29, 1.82) is 0 Å². The average Bonchev–Trinajstić information content (AvgIpc) is 3.83. The Morgan fingerprint density at radius 1 is 0.404 bits per heavy atom. The average molecular weight is 603 g/mol. The van der Waals surface area contributed by atoms with Crippen LogP contribution < -0.4 is 0 Å². The fourth-order valence-electron chi connectivity index (χ4n) is 6.95. The van der Waals surface area contributed by atoms with Crippen LogP contribution in [0.4, 0.5) is 0 Å². The van der Waals surface area contributed by atoms with E-state index in [0.29, 0.717) is 0 Å². The van der Waals surface area contributed by atoms with E-state index >= 15 is 0 Å². The summed E-state index contributed by atoms with van der Waals surface area (Å²) in [6.45, 7) is 0. The molecule has 47 heavy (non-hydrogen) atoms. The van der Waals surface area contributed by atoms with Crippen LogP contribution in [0.3, 0.4) is 0 Å². The molecule has 7 aromatic carbocycles. The number of furan rings is 2. The van der Waals surface area contributed by atoms with Gasteiger partial charge in [-0.2, -0.15) is 0 Å². The maximum atomic E-state index is 6.39. The van der Waals surface area contributed by atoms with Crippen molar-refractivity contribution in [3.05, 3.63) is 158 Å². The third-order valence-electron chi connectivity index (χ3n) is 9.21. The Kier molecular flexibility index (Phi) is 5.54. The molecule has 0 saturated carbocycles. The van der Waals surface area contributed by atoms with Crippen LogP contribution in [0.1, 0.15) is 0 Å². The molecule has 0 fully saturated rings. The highest BCUT2D eigenvalue weighted by Gasteiger charge is 2.18. The van der Waals surface area contributed by atoms with Crippen LogP contribution in [0.5, 0.6) is 0 Å². The number of fused-ring (bicyclic) bond motifs is 8. The Balaban J connectivity index is 1.08. The zero-order valence-electron chi connectivity index (χ0n) is 25.2. The molecule has 0 radical (unpaired) electrons. The Morgan fingerprint density at radius 3 is 1.79 bits per heavy atom. The van der Waals surface area contributed by atoms with Crippen LogP contribution in [0.2, 0.25) is 0 Å². The van der Waals surface area contributed by atoms with Crippen molar-refractivity contribution in [2.45, 2.75) is 0 Å². The minimum Gasteiger partial charge on any atom is -0.452 e. The van der Waals surface area contributed by atoms with Crippen LogP contribution in [0.25, 0.3) is 94.2 Å². The van der Waals surface area contributed by atoms with Gasteiger partial charge in [-0.3, -0.25) is 4.57 Å². The van der Waals surface area contributed by atoms with E-state index in [1.807, 2.05) is 30.3 Å². The van der Waals surface area contributed by atoms with Crippen molar-refractivity contribution in [2.24, 2.45) is 0 Å². The Bertz CT molecular complexity index is 2790. The van der Waals surface area contributed by atoms with Crippen molar-refractivity contribution < 1.29 is 8.83 Å². The zero-order valence-corrected chi connectivity index (χ0v) is 25.2. The van der Waals surface area contributed by atoms with Crippen molar-refractivity contribution in [3.8, 4) is 39.3 Å². The largest absolute Gasteiger partial charge is 0.452 e. The second kappa shape index (κ2) is 10.1. The topological polar surface area (TPSA) is 44.1 Å². The van der Waals surface area contributed by atoms with Gasteiger partial charge in [0.25, 0.3) is 0 Å². The predicted octanol–water partition coefficient (Wildman–Crippen LogP) is 11.8. The molecule has 0 N–H and O–H groups in total. The molecule has 10 aromatic rings. The Labute approximate surface area is 269 Å². The molecule has 0 aliphatic rings. The molecule has 4 heteroatoms. The number of rotatable bonds is 4. The molecule has 0 atom stereocenters. The van der Waals surface area contributed by atoms with E-state index in [2.05, 4.69) is 132 Å². The van der Waals surface area contributed by atoms with E-state index in [1.165, 1.54) is 0 Å². The maximum Gasteiger partial charge on any atom is 0.178 e. The molecule has 3 heterocycles. The van der Waals surface area contributed by atoms with Crippen molar-refractivity contribution >= 4 is 54.9 Å². The third-order valence-corrected chi connectivity index (χ3v) is 9.21. The molecule has 0 saturated heterocycles. The first-order valence-electron chi connectivity index (χ1n) is 15.8. The first-order chi connectivity index (χ1) is 23.3. The third kappa shape index (κ3) is 4.05. The summed E-state index contributed by atoms with van der Waals surface area (Å²) >= 11 is 0. The standard InChI is InChI=1S/C43H26N2O2/c1-3-10-27(11-4-1)43-44-37-26-31(18-22-38(37)45(43)32-14-5-2-6-15-32)29-13-9-12-28(24-29)30-19-23-40-36(25-30)35-21-20-34-33-16-7-8-17-39(33)46-41(34)42(35)47-40/h1-26H. The van der Waals surface area contributed by atoms with Crippen LogP contribution in [-0.4, -0.2) is 9.55 Å². The summed E-state index contributed by atoms with van der Waals surface area (Å²) in [4.78, 5) is 5.16. The summed E-state index contributed by atoms with van der Waals surface area (Å²) in [7, 11) is 0. The molecule has 0 aliphatic heterocycles. The molecule has 0 aliphatic carbocycles. The van der Waals surface area contributed by atoms with Gasteiger partial charge in [0, 0.05) is 32.8 Å². The summed E-state index contributed by atoms with van der Waals surface area (Å²) in [5, 5.41) is 4.30. The lowest BCUT2D eigenvalue weighted by Gasteiger charge is -2.10. The second-order valence-corrected chi connectivity index (χ2v) is 12.0. The van der Waals surface area contributed by atoms with Crippen LogP contribution in [0, 0.1) is 0 Å². The number of nitrogens with zero attached hydrogens (tertiary/aromatic N) is 2. The van der Waals surface area contributed by atoms with Gasteiger partial charge in [0.1, 0.15) is 17.0 Å². The van der Waals surface area contributed by atoms with E-state index < -0.39 is 0 Å². The molecule has 0 unspecified atom stereocenters. The molecular weight excluding hydrogens is 576 g/mol. The highest BCUT2D eigenvalue weighted by atomic mass is 16.4. The summed E-state index contributed by atoms with van der Waals surface area (Å²) in [5.41, 5.74) is 12.0. The van der Waals surface area contributed by atoms with Gasteiger partial charge in [-0.05, 0) is 82.9 Å². The predicted molar refractivity (Wildman–Crippen MR) is 192 cm³/mol. The van der Waals surface area contributed by atoms with Crippen molar-refractivity contribution in [2.75, 3.05) is 0 Å². The zero-order chi connectivity index (χ0) is 30.9. The van der Waals surface area contributed by atoms with Crippen LogP contribution in [0.15, 0.2) is 167 Å². The number of hydrogen-bond acceptors (Lipinski definition) is 3. The quantitative estimate of drug-likeness (QED) is 0.201. The smallest absolute Gasteiger partial charge is 0.178 e. The normalized spacial score (nSPS) is 11.8. The van der Waals surface area contributed by atoms with Gasteiger partial charge in [-0.15, -0.1) is 0 Å². The SMILES string of the molecule is c1ccc(-c2nc3cc(-c4cccc(-c5ccc6oc7c(ccc8c9ccccc9oc87)c6c5)c4)ccc3n2-c2ccccc2)cc1. The van der Waals surface area contributed by atoms with Gasteiger partial charge in [0.2, 0.25) is 0 Å². The van der Waals surface area contributed by atoms with E-state index in [0.717, 1.165) is 94.2 Å². The van der Waals surface area contributed by atoms with E-state index in [-0.39, 0.29) is 0 Å². The van der Waals surface area contributed by atoms with E-state index in [1.54, 1.807) is 0 Å². The van der Waals surface area contributed by atoms with Crippen molar-refractivity contribution in [1.82, 2.24) is 9.55 Å². The molecule has 4 nitrogen and oxygen atoms in total. The van der Waals surface area contributed by atoms with Gasteiger partial charge in [-0.25, -0.2) is 4.98 Å². The van der Waals surface area contributed by atoms with Gasteiger partial charge in [-0.1, -0.05) is 97.1 Å². The van der Waals surface area contributed by atoms with Crippen molar-refractivity contribution in [3.63, 3.8) is 0 Å². The molecule has 0 amide bonds. The molecule has 220 valence electrons. The summed E-state index contributed by atoms with van der Waals surface area (Å²) in [6.07, 6.45) is 0. The number of para-hydroxylation sites is 2. The van der Waals surface area contributed by atoms with E-state index in [4.69, 9.17) is 13.8 Å². The lowest BCUT2D eigenvalue weighted by molar-refractivity contribution is 0.633. The highest BCUT2D eigenvalue weighted by molar-refractivity contribution is 6.19. The first kappa shape index (κ1) is 25.9. The molecule has 0 bridgehead atoms. The minimum absolute atomic E-state index is 0.790. The fourth-order valence-corrected chi connectivity index (χ4v) is 6.95. The van der Waals surface area contributed by atoms with Gasteiger partial charge in [0.15, 0.2) is 11.2 Å².